The van der Waals surface area contributed by atoms with Crippen molar-refractivity contribution in [3.8, 4) is 0 Å². The first-order valence-electron chi connectivity index (χ1n) is 5.65. The van der Waals surface area contributed by atoms with Crippen molar-refractivity contribution in [3.05, 3.63) is 59.7 Å². The van der Waals surface area contributed by atoms with Gasteiger partial charge in [0.2, 0.25) is 0 Å². The van der Waals surface area contributed by atoms with Gasteiger partial charge in [-0.05, 0) is 31.6 Å². The van der Waals surface area contributed by atoms with Gasteiger partial charge in [0.25, 0.3) is 0 Å². The molecule has 2 N–H and O–H groups in total. The van der Waals surface area contributed by atoms with Crippen molar-refractivity contribution < 1.29 is 0 Å². The third-order valence-electron chi connectivity index (χ3n) is 2.94. The van der Waals surface area contributed by atoms with Crippen LogP contribution < -0.4 is 10.6 Å². The highest BCUT2D eigenvalue weighted by atomic mass is 14.9. The number of anilines is 1. The van der Waals surface area contributed by atoms with Gasteiger partial charge in [0, 0.05) is 30.2 Å². The number of dihydropyridines is 1. The molecule has 0 saturated carbocycles. The first-order valence-corrected chi connectivity index (χ1v) is 5.65. The maximum Gasteiger partial charge on any atom is 0.0570 e. The van der Waals surface area contributed by atoms with Gasteiger partial charge in [0.05, 0.1) is 11.9 Å². The first kappa shape index (κ1) is 11.5. The summed E-state index contributed by atoms with van der Waals surface area (Å²) in [7, 11) is 0. The Hall–Kier alpha value is -2.03. The molecule has 88 valence electrons. The first-order chi connectivity index (χ1) is 8.18. The van der Waals surface area contributed by atoms with Crippen molar-refractivity contribution in [1.29, 1.82) is 0 Å². The van der Waals surface area contributed by atoms with Gasteiger partial charge in [-0.3, -0.25) is 4.98 Å². The van der Waals surface area contributed by atoms with Crippen molar-refractivity contribution in [2.75, 3.05) is 11.9 Å². The normalized spacial score (nSPS) is 15.1. The van der Waals surface area contributed by atoms with E-state index in [1.54, 1.807) is 12.4 Å². The number of aromatic nitrogens is 1. The Bertz CT molecular complexity index is 483. The number of hydrogen-bond acceptors (Lipinski definition) is 3. The van der Waals surface area contributed by atoms with Crippen molar-refractivity contribution in [2.45, 2.75) is 13.8 Å². The Kier molecular flexibility index (Phi) is 3.28. The van der Waals surface area contributed by atoms with E-state index in [9.17, 15) is 0 Å². The second-order valence-corrected chi connectivity index (χ2v) is 4.19. The van der Waals surface area contributed by atoms with Gasteiger partial charge < -0.3 is 10.6 Å². The van der Waals surface area contributed by atoms with Crippen molar-refractivity contribution in [1.82, 2.24) is 10.3 Å². The number of nitrogens with one attached hydrogen (secondary N) is 2. The predicted octanol–water partition coefficient (Wildman–Crippen LogP) is 2.83. The fraction of sp³-hybridized carbons (Fsp3) is 0.214. The van der Waals surface area contributed by atoms with Crippen molar-refractivity contribution in [3.63, 3.8) is 0 Å². The van der Waals surface area contributed by atoms with E-state index in [0.29, 0.717) is 0 Å². The molecule has 2 rings (SSSR count). The monoisotopic (exact) mass is 227 g/mol. The van der Waals surface area contributed by atoms with Gasteiger partial charge in [0.1, 0.15) is 0 Å². The van der Waals surface area contributed by atoms with Crippen LogP contribution in [0.5, 0.6) is 0 Å². The lowest BCUT2D eigenvalue weighted by atomic mass is 9.98. The largest absolute Gasteiger partial charge is 0.387 e. The summed E-state index contributed by atoms with van der Waals surface area (Å²) in [4.78, 5) is 4.07. The number of hydrogen-bond donors (Lipinski definition) is 2. The minimum atomic E-state index is 0.891. The van der Waals surface area contributed by atoms with Crippen LogP contribution in [0.4, 0.5) is 5.69 Å². The summed E-state index contributed by atoms with van der Waals surface area (Å²) in [5.41, 5.74) is 5.59. The van der Waals surface area contributed by atoms with Crippen LogP contribution in [-0.2, 0) is 0 Å². The molecule has 2 heterocycles. The average molecular weight is 227 g/mol. The minimum Gasteiger partial charge on any atom is -0.387 e. The minimum absolute atomic E-state index is 0.891. The molecule has 0 saturated heterocycles. The van der Waals surface area contributed by atoms with E-state index in [0.717, 1.165) is 23.5 Å². The predicted molar refractivity (Wildman–Crippen MR) is 71.5 cm³/mol. The Balaban J connectivity index is 2.14. The molecule has 17 heavy (non-hydrogen) atoms. The maximum absolute atomic E-state index is 4.08. The SMILES string of the molecule is C=C(Nc1cccnc1)C1=CNCC(C)=C1C. The zero-order valence-corrected chi connectivity index (χ0v) is 10.2. The quantitative estimate of drug-likeness (QED) is 0.833. The standard InChI is InChI=1S/C14H17N3/c1-10-7-16-9-14(11(10)2)12(3)17-13-5-4-6-15-8-13/h4-6,8-9,16-17H,3,7H2,1-2H3. The number of nitrogens with zero attached hydrogens (tertiary/aromatic N) is 1. The zero-order valence-electron chi connectivity index (χ0n) is 10.2. The molecule has 0 fully saturated rings. The van der Waals surface area contributed by atoms with Gasteiger partial charge in [-0.1, -0.05) is 12.2 Å². The van der Waals surface area contributed by atoms with E-state index < -0.39 is 0 Å². The van der Waals surface area contributed by atoms with Crippen LogP contribution in [-0.4, -0.2) is 11.5 Å². The Labute approximate surface area is 102 Å². The second kappa shape index (κ2) is 4.87. The Morgan fingerprint density at radius 2 is 2.29 bits per heavy atom. The van der Waals surface area contributed by atoms with Crippen LogP contribution in [0.2, 0.25) is 0 Å². The molecule has 0 bridgehead atoms. The van der Waals surface area contributed by atoms with E-state index >= 15 is 0 Å². The topological polar surface area (TPSA) is 37.0 Å². The molecule has 0 radical (unpaired) electrons. The van der Waals surface area contributed by atoms with E-state index in [1.807, 2.05) is 18.3 Å². The summed E-state index contributed by atoms with van der Waals surface area (Å²) in [5.74, 6) is 0. The maximum atomic E-state index is 4.08. The lowest BCUT2D eigenvalue weighted by Gasteiger charge is -2.20. The molecular weight excluding hydrogens is 210 g/mol. The summed E-state index contributed by atoms with van der Waals surface area (Å²) in [6, 6.07) is 3.87. The molecule has 0 spiro atoms. The zero-order chi connectivity index (χ0) is 12.3. The molecular formula is C14H17N3. The lowest BCUT2D eigenvalue weighted by Crippen LogP contribution is -2.18. The van der Waals surface area contributed by atoms with E-state index in [-0.39, 0.29) is 0 Å². The van der Waals surface area contributed by atoms with E-state index in [1.165, 1.54) is 11.1 Å². The molecule has 1 aliphatic rings. The third-order valence-corrected chi connectivity index (χ3v) is 2.94. The van der Waals surface area contributed by atoms with E-state index in [2.05, 4.69) is 36.0 Å². The van der Waals surface area contributed by atoms with Crippen LogP contribution in [0, 0.1) is 0 Å². The van der Waals surface area contributed by atoms with Gasteiger partial charge in [-0.15, -0.1) is 0 Å². The Morgan fingerprint density at radius 1 is 1.47 bits per heavy atom. The Morgan fingerprint density at radius 3 is 3.00 bits per heavy atom. The number of allylic oxidation sites excluding steroid dienone is 1. The molecule has 1 aromatic rings. The summed E-state index contributed by atoms with van der Waals surface area (Å²) in [6.07, 6.45) is 5.55. The molecule has 1 aliphatic heterocycles. The molecule has 0 amide bonds. The van der Waals surface area contributed by atoms with Gasteiger partial charge in [-0.25, -0.2) is 0 Å². The lowest BCUT2D eigenvalue weighted by molar-refractivity contribution is 0.886. The van der Waals surface area contributed by atoms with Crippen molar-refractivity contribution in [2.24, 2.45) is 0 Å². The number of rotatable bonds is 3. The van der Waals surface area contributed by atoms with Crippen LogP contribution in [0.15, 0.2) is 59.7 Å². The highest BCUT2D eigenvalue weighted by Gasteiger charge is 2.11. The summed E-state index contributed by atoms with van der Waals surface area (Å²) < 4.78 is 0. The van der Waals surface area contributed by atoms with E-state index in [4.69, 9.17) is 0 Å². The van der Waals surface area contributed by atoms with Crippen LogP contribution >= 0.6 is 0 Å². The number of pyridine rings is 1. The average Bonchev–Trinajstić information content (AvgIpc) is 2.34. The van der Waals surface area contributed by atoms with Crippen LogP contribution in [0.1, 0.15) is 13.8 Å². The summed E-state index contributed by atoms with van der Waals surface area (Å²) in [6.45, 7) is 9.24. The van der Waals surface area contributed by atoms with Gasteiger partial charge in [-0.2, -0.15) is 0 Å². The highest BCUT2D eigenvalue weighted by molar-refractivity contribution is 5.57. The second-order valence-electron chi connectivity index (χ2n) is 4.19. The molecule has 0 unspecified atom stereocenters. The van der Waals surface area contributed by atoms with Gasteiger partial charge in [0.15, 0.2) is 0 Å². The third kappa shape index (κ3) is 2.56. The fourth-order valence-electron chi connectivity index (χ4n) is 1.77. The van der Waals surface area contributed by atoms with Crippen LogP contribution in [0.3, 0.4) is 0 Å². The molecule has 0 aliphatic carbocycles. The smallest absolute Gasteiger partial charge is 0.0570 e. The molecule has 0 aromatic carbocycles. The van der Waals surface area contributed by atoms with Crippen LogP contribution in [0.25, 0.3) is 0 Å². The molecule has 3 heteroatoms. The fourth-order valence-corrected chi connectivity index (χ4v) is 1.77. The van der Waals surface area contributed by atoms with Crippen molar-refractivity contribution >= 4 is 5.69 Å². The molecule has 0 atom stereocenters. The van der Waals surface area contributed by atoms with Gasteiger partial charge >= 0.3 is 0 Å². The summed E-state index contributed by atoms with van der Waals surface area (Å²) in [5, 5.41) is 6.51. The summed E-state index contributed by atoms with van der Waals surface area (Å²) >= 11 is 0. The molecule has 3 nitrogen and oxygen atoms in total. The highest BCUT2D eigenvalue weighted by Crippen LogP contribution is 2.23. The molecule has 1 aromatic heterocycles.